The van der Waals surface area contributed by atoms with Gasteiger partial charge in [0.1, 0.15) is 0 Å². The summed E-state index contributed by atoms with van der Waals surface area (Å²) in [6, 6.07) is 5.67. The van der Waals surface area contributed by atoms with E-state index in [-0.39, 0.29) is 18.1 Å². The highest BCUT2D eigenvalue weighted by atomic mass is 16.2. The molecule has 2 amide bonds. The first-order chi connectivity index (χ1) is 11.4. The number of urea groups is 1. The zero-order valence-electron chi connectivity index (χ0n) is 14.3. The predicted octanol–water partition coefficient (Wildman–Crippen LogP) is 3.23. The van der Waals surface area contributed by atoms with Crippen molar-refractivity contribution >= 4 is 22.6 Å². The Morgan fingerprint density at radius 2 is 1.96 bits per heavy atom. The van der Waals surface area contributed by atoms with Crippen LogP contribution >= 0.6 is 0 Å². The van der Waals surface area contributed by atoms with Gasteiger partial charge in [-0.05, 0) is 39.0 Å². The Balaban J connectivity index is 1.72. The number of hydrogen-bond acceptors (Lipinski definition) is 3. The quantitative estimate of drug-likeness (QED) is 0.773. The van der Waals surface area contributed by atoms with Crippen LogP contribution in [0.25, 0.3) is 10.9 Å². The summed E-state index contributed by atoms with van der Waals surface area (Å²) in [4.78, 5) is 12.2. The van der Waals surface area contributed by atoms with Gasteiger partial charge < -0.3 is 10.6 Å². The minimum absolute atomic E-state index is 0.122. The summed E-state index contributed by atoms with van der Waals surface area (Å²) in [7, 11) is 1.85. The Morgan fingerprint density at radius 3 is 2.62 bits per heavy atom. The summed E-state index contributed by atoms with van der Waals surface area (Å²) in [5, 5.41) is 15.3. The fraction of sp³-hybridized carbons (Fsp3) is 0.353. The zero-order valence-corrected chi connectivity index (χ0v) is 14.3. The van der Waals surface area contributed by atoms with Gasteiger partial charge in [-0.1, -0.05) is 0 Å². The second-order valence-corrected chi connectivity index (χ2v) is 6.22. The lowest BCUT2D eigenvalue weighted by molar-refractivity contribution is 0.249. The van der Waals surface area contributed by atoms with E-state index < -0.39 is 0 Å². The Hall–Kier alpha value is -2.83. The minimum Gasteiger partial charge on any atom is -0.331 e. The molecule has 2 heterocycles. The van der Waals surface area contributed by atoms with E-state index in [2.05, 4.69) is 34.7 Å². The van der Waals surface area contributed by atoms with E-state index in [1.54, 1.807) is 10.9 Å². The first kappa shape index (κ1) is 16.0. The number of fused-ring (bicyclic) bond motifs is 1. The van der Waals surface area contributed by atoms with Crippen LogP contribution in [-0.2, 0) is 7.05 Å². The van der Waals surface area contributed by atoms with Crippen LogP contribution in [-0.4, -0.2) is 25.6 Å². The van der Waals surface area contributed by atoms with Crippen LogP contribution in [0.4, 0.5) is 10.5 Å². The molecule has 7 heteroatoms. The molecule has 0 saturated carbocycles. The molecule has 3 aromatic rings. The first-order valence-corrected chi connectivity index (χ1v) is 7.97. The summed E-state index contributed by atoms with van der Waals surface area (Å²) in [6.45, 7) is 6.08. The Kier molecular flexibility index (Phi) is 4.24. The predicted molar refractivity (Wildman–Crippen MR) is 93.9 cm³/mol. The van der Waals surface area contributed by atoms with Gasteiger partial charge in [-0.15, -0.1) is 0 Å². The highest BCUT2D eigenvalue weighted by Crippen LogP contribution is 2.22. The molecule has 0 bridgehead atoms. The van der Waals surface area contributed by atoms with E-state index in [1.165, 1.54) is 0 Å². The second kappa shape index (κ2) is 6.35. The summed E-state index contributed by atoms with van der Waals surface area (Å²) >= 11 is 0. The molecule has 126 valence electrons. The Morgan fingerprint density at radius 1 is 1.17 bits per heavy atom. The van der Waals surface area contributed by atoms with E-state index in [9.17, 15) is 4.79 Å². The molecule has 3 rings (SSSR count). The lowest BCUT2D eigenvalue weighted by Gasteiger charge is -2.14. The van der Waals surface area contributed by atoms with Crippen LogP contribution in [0.1, 0.15) is 38.4 Å². The van der Waals surface area contributed by atoms with Crippen molar-refractivity contribution < 1.29 is 4.79 Å². The average molecular weight is 326 g/mol. The lowest BCUT2D eigenvalue weighted by atomic mass is 10.2. The van der Waals surface area contributed by atoms with Crippen LogP contribution < -0.4 is 10.6 Å². The van der Waals surface area contributed by atoms with E-state index >= 15 is 0 Å². The molecule has 0 spiro atoms. The smallest absolute Gasteiger partial charge is 0.319 e. The molecule has 0 fully saturated rings. The number of nitrogens with one attached hydrogen (secondary N) is 2. The molecule has 2 aromatic heterocycles. The number of amides is 2. The number of aryl methyl sites for hydroxylation is 1. The topological polar surface area (TPSA) is 76.8 Å². The fourth-order valence-corrected chi connectivity index (χ4v) is 2.64. The number of aromatic nitrogens is 4. The van der Waals surface area contributed by atoms with Gasteiger partial charge in [0.2, 0.25) is 0 Å². The van der Waals surface area contributed by atoms with Crippen LogP contribution in [0.2, 0.25) is 0 Å². The van der Waals surface area contributed by atoms with Crippen molar-refractivity contribution in [3.8, 4) is 0 Å². The van der Waals surface area contributed by atoms with E-state index in [1.807, 2.05) is 49.2 Å². The van der Waals surface area contributed by atoms with Gasteiger partial charge in [-0.25, -0.2) is 4.79 Å². The van der Waals surface area contributed by atoms with Crippen LogP contribution in [0.15, 0.2) is 36.8 Å². The summed E-state index contributed by atoms with van der Waals surface area (Å²) in [5.41, 5.74) is 2.70. The standard InChI is InChI=1S/C17H22N6O/c1-11(2)23-16-7-15(6-5-13(16)8-19-23)21-17(24)20-12(3)14-9-18-22(4)10-14/h5-12H,1-4H3,(H2,20,21,24). The van der Waals surface area contributed by atoms with E-state index in [4.69, 9.17) is 0 Å². The summed E-state index contributed by atoms with van der Waals surface area (Å²) in [5.74, 6) is 0. The molecule has 1 aromatic carbocycles. The molecule has 0 aliphatic rings. The second-order valence-electron chi connectivity index (χ2n) is 6.22. The maximum Gasteiger partial charge on any atom is 0.319 e. The molecule has 0 aliphatic carbocycles. The van der Waals surface area contributed by atoms with E-state index in [0.29, 0.717) is 0 Å². The molecule has 0 aliphatic heterocycles. The maximum absolute atomic E-state index is 12.2. The maximum atomic E-state index is 12.2. The first-order valence-electron chi connectivity index (χ1n) is 7.97. The van der Waals surface area contributed by atoms with Gasteiger partial charge in [0, 0.05) is 35.9 Å². The normalized spacial score (nSPS) is 12.5. The molecule has 24 heavy (non-hydrogen) atoms. The third-order valence-corrected chi connectivity index (χ3v) is 3.92. The number of benzene rings is 1. The Bertz CT molecular complexity index is 863. The summed E-state index contributed by atoms with van der Waals surface area (Å²) in [6.07, 6.45) is 5.47. The largest absolute Gasteiger partial charge is 0.331 e. The number of nitrogens with zero attached hydrogens (tertiary/aromatic N) is 4. The van der Waals surface area contributed by atoms with Crippen molar-refractivity contribution in [1.29, 1.82) is 0 Å². The zero-order chi connectivity index (χ0) is 17.3. The highest BCUT2D eigenvalue weighted by molar-refractivity contribution is 5.92. The van der Waals surface area contributed by atoms with Crippen LogP contribution in [0.3, 0.4) is 0 Å². The molecule has 1 atom stereocenters. The number of hydrogen-bond donors (Lipinski definition) is 2. The number of anilines is 1. The fourth-order valence-electron chi connectivity index (χ4n) is 2.64. The van der Waals surface area contributed by atoms with Gasteiger partial charge in [-0.3, -0.25) is 9.36 Å². The van der Waals surface area contributed by atoms with Crippen molar-refractivity contribution in [2.24, 2.45) is 7.05 Å². The number of rotatable bonds is 4. The van der Waals surface area contributed by atoms with Gasteiger partial charge >= 0.3 is 6.03 Å². The molecule has 2 N–H and O–H groups in total. The van der Waals surface area contributed by atoms with Crippen LogP contribution in [0.5, 0.6) is 0 Å². The molecule has 0 saturated heterocycles. The average Bonchev–Trinajstić information content (AvgIpc) is 3.12. The van der Waals surface area contributed by atoms with Gasteiger partial charge in [-0.2, -0.15) is 10.2 Å². The molecule has 7 nitrogen and oxygen atoms in total. The van der Waals surface area contributed by atoms with Crippen molar-refractivity contribution in [1.82, 2.24) is 24.9 Å². The van der Waals surface area contributed by atoms with E-state index in [0.717, 1.165) is 22.2 Å². The minimum atomic E-state index is -0.249. The molecular weight excluding hydrogens is 304 g/mol. The number of carbonyl (C=O) groups excluding carboxylic acids is 1. The van der Waals surface area contributed by atoms with Crippen molar-refractivity contribution in [2.75, 3.05) is 5.32 Å². The van der Waals surface area contributed by atoms with Gasteiger partial charge in [0.15, 0.2) is 0 Å². The summed E-state index contributed by atoms with van der Waals surface area (Å²) < 4.78 is 3.66. The van der Waals surface area contributed by atoms with Gasteiger partial charge in [0.25, 0.3) is 0 Å². The highest BCUT2D eigenvalue weighted by Gasteiger charge is 2.12. The molecular formula is C17H22N6O. The van der Waals surface area contributed by atoms with Crippen molar-refractivity contribution in [3.63, 3.8) is 0 Å². The lowest BCUT2D eigenvalue weighted by Crippen LogP contribution is -2.31. The molecule has 0 radical (unpaired) electrons. The Labute approximate surface area is 140 Å². The van der Waals surface area contributed by atoms with Crippen molar-refractivity contribution in [2.45, 2.75) is 32.9 Å². The van der Waals surface area contributed by atoms with Crippen LogP contribution in [0, 0.1) is 0 Å². The SMILES string of the molecule is CC(NC(=O)Nc1ccc2cnn(C(C)C)c2c1)c1cnn(C)c1. The number of carbonyl (C=O) groups is 1. The van der Waals surface area contributed by atoms with Crippen molar-refractivity contribution in [3.05, 3.63) is 42.4 Å². The monoisotopic (exact) mass is 326 g/mol. The van der Waals surface area contributed by atoms with Gasteiger partial charge in [0.05, 0.1) is 24.0 Å². The molecule has 1 unspecified atom stereocenters. The third kappa shape index (κ3) is 3.24. The third-order valence-electron chi connectivity index (χ3n) is 3.92.